The molecular formula is C13H18F2N2O3. The average molecular weight is 288 g/mol. The minimum Gasteiger partial charge on any atom is -0.389 e. The standard InChI is InChI=1S/C13H18F2N2O3/c1-17(6-10(18)8-20-2)7-13(19)16-9-3-4-11(14)12(15)5-9/h3-5,10,18H,6-8H2,1-2H3,(H,16,19). The molecule has 0 aliphatic carbocycles. The highest BCUT2D eigenvalue weighted by atomic mass is 19.2. The molecule has 1 amide bonds. The normalized spacial score (nSPS) is 12.5. The number of aliphatic hydroxyl groups is 1. The summed E-state index contributed by atoms with van der Waals surface area (Å²) in [7, 11) is 3.13. The molecule has 0 bridgehead atoms. The van der Waals surface area contributed by atoms with E-state index in [4.69, 9.17) is 4.74 Å². The van der Waals surface area contributed by atoms with Crippen LogP contribution in [0.15, 0.2) is 18.2 Å². The van der Waals surface area contributed by atoms with Gasteiger partial charge < -0.3 is 15.2 Å². The van der Waals surface area contributed by atoms with Crippen LogP contribution < -0.4 is 5.32 Å². The summed E-state index contributed by atoms with van der Waals surface area (Å²) < 4.78 is 30.5. The van der Waals surface area contributed by atoms with E-state index in [-0.39, 0.29) is 31.3 Å². The van der Waals surface area contributed by atoms with Gasteiger partial charge in [-0.25, -0.2) is 8.78 Å². The molecule has 0 aliphatic heterocycles. The summed E-state index contributed by atoms with van der Waals surface area (Å²) in [6, 6.07) is 3.13. The largest absolute Gasteiger partial charge is 0.389 e. The van der Waals surface area contributed by atoms with Gasteiger partial charge in [-0.15, -0.1) is 0 Å². The number of likely N-dealkylation sites (N-methyl/N-ethyl adjacent to an activating group) is 1. The van der Waals surface area contributed by atoms with Crippen LogP contribution in [-0.4, -0.2) is 55.9 Å². The van der Waals surface area contributed by atoms with Crippen molar-refractivity contribution in [2.45, 2.75) is 6.10 Å². The van der Waals surface area contributed by atoms with E-state index in [1.54, 1.807) is 11.9 Å². The number of carbonyl (C=O) groups excluding carboxylic acids is 1. The van der Waals surface area contributed by atoms with Gasteiger partial charge in [-0.2, -0.15) is 0 Å². The molecule has 1 unspecified atom stereocenters. The molecule has 1 rings (SSSR count). The van der Waals surface area contributed by atoms with E-state index in [0.717, 1.165) is 12.1 Å². The molecule has 0 heterocycles. The summed E-state index contributed by atoms with van der Waals surface area (Å²) in [5.41, 5.74) is 0.180. The highest BCUT2D eigenvalue weighted by Gasteiger charge is 2.12. The third-order valence-electron chi connectivity index (χ3n) is 2.50. The maximum absolute atomic E-state index is 13.0. The zero-order valence-electron chi connectivity index (χ0n) is 11.4. The van der Waals surface area contributed by atoms with E-state index in [2.05, 4.69) is 5.32 Å². The maximum atomic E-state index is 13.0. The highest BCUT2D eigenvalue weighted by molar-refractivity contribution is 5.92. The van der Waals surface area contributed by atoms with Crippen LogP contribution in [0, 0.1) is 11.6 Å². The smallest absolute Gasteiger partial charge is 0.238 e. The highest BCUT2D eigenvalue weighted by Crippen LogP contribution is 2.12. The number of benzene rings is 1. The molecular weight excluding hydrogens is 270 g/mol. The van der Waals surface area contributed by atoms with E-state index >= 15 is 0 Å². The molecule has 0 fully saturated rings. The number of amides is 1. The van der Waals surface area contributed by atoms with Crippen molar-refractivity contribution in [2.24, 2.45) is 0 Å². The molecule has 0 aromatic heterocycles. The number of halogens is 2. The summed E-state index contributed by atoms with van der Waals surface area (Å²) >= 11 is 0. The molecule has 0 saturated heterocycles. The second-order valence-corrected chi connectivity index (χ2v) is 4.48. The number of hydrogen-bond acceptors (Lipinski definition) is 4. The van der Waals surface area contributed by atoms with Crippen LogP contribution in [0.4, 0.5) is 14.5 Å². The lowest BCUT2D eigenvalue weighted by Crippen LogP contribution is -2.37. The van der Waals surface area contributed by atoms with Crippen molar-refractivity contribution in [3.63, 3.8) is 0 Å². The van der Waals surface area contributed by atoms with Gasteiger partial charge in [0, 0.05) is 25.4 Å². The Morgan fingerprint density at radius 2 is 2.15 bits per heavy atom. The molecule has 112 valence electrons. The third-order valence-corrected chi connectivity index (χ3v) is 2.50. The summed E-state index contributed by atoms with van der Waals surface area (Å²) in [5, 5.41) is 11.9. The van der Waals surface area contributed by atoms with Crippen LogP contribution in [0.3, 0.4) is 0 Å². The van der Waals surface area contributed by atoms with Gasteiger partial charge in [0.25, 0.3) is 0 Å². The molecule has 20 heavy (non-hydrogen) atoms. The van der Waals surface area contributed by atoms with Crippen LogP contribution in [0.5, 0.6) is 0 Å². The predicted octanol–water partition coefficient (Wildman–Crippen LogP) is 0.842. The van der Waals surface area contributed by atoms with Gasteiger partial charge in [-0.05, 0) is 19.2 Å². The summed E-state index contributed by atoms with van der Waals surface area (Å²) in [6.07, 6.45) is -0.693. The van der Waals surface area contributed by atoms with Crippen molar-refractivity contribution >= 4 is 11.6 Å². The minimum atomic E-state index is -1.02. The van der Waals surface area contributed by atoms with Gasteiger partial charge in [0.15, 0.2) is 11.6 Å². The topological polar surface area (TPSA) is 61.8 Å². The molecule has 5 nitrogen and oxygen atoms in total. The van der Waals surface area contributed by atoms with Crippen molar-refractivity contribution in [3.05, 3.63) is 29.8 Å². The first-order chi connectivity index (χ1) is 9.42. The van der Waals surface area contributed by atoms with Gasteiger partial charge in [-0.1, -0.05) is 0 Å². The first-order valence-corrected chi connectivity index (χ1v) is 6.02. The second-order valence-electron chi connectivity index (χ2n) is 4.48. The van der Waals surface area contributed by atoms with Crippen LogP contribution in [-0.2, 0) is 9.53 Å². The number of nitrogens with zero attached hydrogens (tertiary/aromatic N) is 1. The van der Waals surface area contributed by atoms with E-state index in [0.29, 0.717) is 0 Å². The van der Waals surface area contributed by atoms with E-state index < -0.39 is 17.7 Å². The molecule has 0 spiro atoms. The molecule has 1 aromatic rings. The number of nitrogens with one attached hydrogen (secondary N) is 1. The Kier molecular flexibility index (Phi) is 6.50. The van der Waals surface area contributed by atoms with Gasteiger partial charge in [0.1, 0.15) is 0 Å². The van der Waals surface area contributed by atoms with Crippen molar-refractivity contribution in [1.29, 1.82) is 0 Å². The Labute approximate surface area is 116 Å². The minimum absolute atomic E-state index is 0.0137. The van der Waals surface area contributed by atoms with Crippen LogP contribution in [0.1, 0.15) is 0 Å². The Morgan fingerprint density at radius 3 is 2.75 bits per heavy atom. The SMILES string of the molecule is COCC(O)CN(C)CC(=O)Nc1ccc(F)c(F)c1. The van der Waals surface area contributed by atoms with Gasteiger partial charge in [0.05, 0.1) is 19.3 Å². The first kappa shape index (κ1) is 16.5. The predicted molar refractivity (Wildman–Crippen MR) is 70.4 cm³/mol. The fraction of sp³-hybridized carbons (Fsp3) is 0.462. The fourth-order valence-corrected chi connectivity index (χ4v) is 1.69. The maximum Gasteiger partial charge on any atom is 0.238 e. The Bertz CT molecular complexity index is 457. The van der Waals surface area contributed by atoms with Gasteiger partial charge in [-0.3, -0.25) is 9.69 Å². The number of anilines is 1. The van der Waals surface area contributed by atoms with Gasteiger partial charge >= 0.3 is 0 Å². The molecule has 0 saturated carbocycles. The number of hydrogen-bond donors (Lipinski definition) is 2. The lowest BCUT2D eigenvalue weighted by atomic mass is 10.3. The summed E-state index contributed by atoms with van der Waals surface area (Å²) in [5.74, 6) is -2.38. The number of aliphatic hydroxyl groups excluding tert-OH is 1. The molecule has 7 heteroatoms. The quantitative estimate of drug-likeness (QED) is 0.780. The summed E-state index contributed by atoms with van der Waals surface area (Å²) in [4.78, 5) is 13.3. The second kappa shape index (κ2) is 7.88. The van der Waals surface area contributed by atoms with Crippen LogP contribution >= 0.6 is 0 Å². The molecule has 2 N–H and O–H groups in total. The lowest BCUT2D eigenvalue weighted by Gasteiger charge is -2.19. The Balaban J connectivity index is 2.44. The van der Waals surface area contributed by atoms with Gasteiger partial charge in [0.2, 0.25) is 5.91 Å². The Morgan fingerprint density at radius 1 is 1.45 bits per heavy atom. The zero-order chi connectivity index (χ0) is 15.1. The first-order valence-electron chi connectivity index (χ1n) is 6.02. The fourth-order valence-electron chi connectivity index (χ4n) is 1.69. The van der Waals surface area contributed by atoms with Crippen molar-refractivity contribution in [2.75, 3.05) is 39.2 Å². The number of rotatable bonds is 7. The summed E-state index contributed by atoms with van der Waals surface area (Å²) in [6.45, 7) is 0.452. The number of methoxy groups -OCH3 is 1. The van der Waals surface area contributed by atoms with E-state index in [1.807, 2.05) is 0 Å². The molecule has 1 atom stereocenters. The lowest BCUT2D eigenvalue weighted by molar-refractivity contribution is -0.117. The number of ether oxygens (including phenoxy) is 1. The van der Waals surface area contributed by atoms with E-state index in [9.17, 15) is 18.7 Å². The third kappa shape index (κ3) is 5.60. The van der Waals surface area contributed by atoms with Crippen LogP contribution in [0.2, 0.25) is 0 Å². The average Bonchev–Trinajstić information content (AvgIpc) is 2.33. The van der Waals surface area contributed by atoms with Crippen LogP contribution in [0.25, 0.3) is 0 Å². The van der Waals surface area contributed by atoms with Crippen molar-refractivity contribution in [1.82, 2.24) is 4.90 Å². The van der Waals surface area contributed by atoms with E-state index in [1.165, 1.54) is 13.2 Å². The molecule has 0 aliphatic rings. The molecule has 0 radical (unpaired) electrons. The molecule has 1 aromatic carbocycles. The zero-order valence-corrected chi connectivity index (χ0v) is 11.4. The van der Waals surface area contributed by atoms with Crippen molar-refractivity contribution in [3.8, 4) is 0 Å². The monoisotopic (exact) mass is 288 g/mol. The Hall–Kier alpha value is -1.57. The van der Waals surface area contributed by atoms with Crippen molar-refractivity contribution < 1.29 is 23.4 Å². The number of carbonyl (C=O) groups is 1.